The molecule has 0 heterocycles. The lowest BCUT2D eigenvalue weighted by atomic mass is 10.1. The summed E-state index contributed by atoms with van der Waals surface area (Å²) >= 11 is 0. The van der Waals surface area contributed by atoms with E-state index in [0.29, 0.717) is 19.6 Å². The average Bonchev–Trinajstić information content (AvgIpc) is 2.45. The van der Waals surface area contributed by atoms with Crippen LogP contribution in [-0.2, 0) is 14.3 Å². The summed E-state index contributed by atoms with van der Waals surface area (Å²) in [5.41, 5.74) is 0. The SMILES string of the molecule is CCCCOC(=O)CCCCCCCCCCN=C=O. The molecule has 0 unspecified atom stereocenters. The summed E-state index contributed by atoms with van der Waals surface area (Å²) in [7, 11) is 0. The first-order valence-corrected chi connectivity index (χ1v) is 8.00. The van der Waals surface area contributed by atoms with E-state index in [9.17, 15) is 9.59 Å². The zero-order valence-corrected chi connectivity index (χ0v) is 12.9. The number of isocyanates is 1. The molecule has 0 N–H and O–H groups in total. The number of ether oxygens (including phenoxy) is 1. The van der Waals surface area contributed by atoms with Crippen molar-refractivity contribution in [3.63, 3.8) is 0 Å². The van der Waals surface area contributed by atoms with Gasteiger partial charge >= 0.3 is 5.97 Å². The van der Waals surface area contributed by atoms with E-state index in [1.54, 1.807) is 6.08 Å². The molecule has 0 spiro atoms. The van der Waals surface area contributed by atoms with E-state index in [1.807, 2.05) is 0 Å². The summed E-state index contributed by atoms with van der Waals surface area (Å²) < 4.78 is 5.10. The highest BCUT2D eigenvalue weighted by atomic mass is 16.5. The van der Waals surface area contributed by atoms with Gasteiger partial charge in [-0.15, -0.1) is 0 Å². The molecular formula is C16H29NO3. The molecule has 116 valence electrons. The lowest BCUT2D eigenvalue weighted by Gasteiger charge is -2.04. The summed E-state index contributed by atoms with van der Waals surface area (Å²) in [6, 6.07) is 0. The van der Waals surface area contributed by atoms with Crippen LogP contribution in [0.3, 0.4) is 0 Å². The maximum absolute atomic E-state index is 11.3. The van der Waals surface area contributed by atoms with Gasteiger partial charge < -0.3 is 4.74 Å². The number of aliphatic imine (C=N–C) groups is 1. The van der Waals surface area contributed by atoms with E-state index >= 15 is 0 Å². The van der Waals surface area contributed by atoms with Crippen LogP contribution in [0.2, 0.25) is 0 Å². The largest absolute Gasteiger partial charge is 0.466 e. The maximum Gasteiger partial charge on any atom is 0.305 e. The monoisotopic (exact) mass is 283 g/mol. The third-order valence-corrected chi connectivity index (χ3v) is 3.23. The fraction of sp³-hybridized carbons (Fsp3) is 0.875. The molecule has 0 atom stereocenters. The standard InChI is InChI=1S/C16H29NO3/c1-2-3-14-20-16(19)12-10-8-6-4-5-7-9-11-13-17-15-18/h2-14H2,1H3. The molecule has 4 heteroatoms. The van der Waals surface area contributed by atoms with E-state index in [2.05, 4.69) is 11.9 Å². The molecule has 0 bridgehead atoms. The Kier molecular flexibility index (Phi) is 15.0. The normalized spacial score (nSPS) is 10.1. The van der Waals surface area contributed by atoms with E-state index in [1.165, 1.54) is 25.7 Å². The Morgan fingerprint density at radius 2 is 1.55 bits per heavy atom. The van der Waals surface area contributed by atoms with Crippen molar-refractivity contribution < 1.29 is 14.3 Å². The molecule has 0 aliphatic carbocycles. The van der Waals surface area contributed by atoms with Crippen molar-refractivity contribution in [2.45, 2.75) is 77.6 Å². The number of hydrogen-bond acceptors (Lipinski definition) is 4. The second kappa shape index (κ2) is 15.9. The zero-order chi connectivity index (χ0) is 14.9. The minimum Gasteiger partial charge on any atom is -0.466 e. The third kappa shape index (κ3) is 14.9. The van der Waals surface area contributed by atoms with Gasteiger partial charge in [0.05, 0.1) is 13.2 Å². The molecule has 0 aromatic carbocycles. The second-order valence-corrected chi connectivity index (χ2v) is 5.13. The van der Waals surface area contributed by atoms with Gasteiger partial charge in [-0.25, -0.2) is 9.79 Å². The fourth-order valence-electron chi connectivity index (χ4n) is 1.97. The predicted molar refractivity (Wildman–Crippen MR) is 80.4 cm³/mol. The molecule has 0 fully saturated rings. The van der Waals surface area contributed by atoms with Crippen molar-refractivity contribution in [2.24, 2.45) is 4.99 Å². The van der Waals surface area contributed by atoms with Crippen molar-refractivity contribution in [3.8, 4) is 0 Å². The molecular weight excluding hydrogens is 254 g/mol. The first-order valence-electron chi connectivity index (χ1n) is 8.00. The van der Waals surface area contributed by atoms with Gasteiger partial charge in [0.25, 0.3) is 0 Å². The number of hydrogen-bond donors (Lipinski definition) is 0. The lowest BCUT2D eigenvalue weighted by molar-refractivity contribution is -0.143. The Balaban J connectivity index is 3.12. The van der Waals surface area contributed by atoms with Crippen molar-refractivity contribution in [1.82, 2.24) is 0 Å². The van der Waals surface area contributed by atoms with Crippen LogP contribution in [0.15, 0.2) is 4.99 Å². The Bertz CT molecular complexity index is 273. The first-order chi connectivity index (χ1) is 9.81. The number of carbonyl (C=O) groups is 1. The molecule has 0 aliphatic heterocycles. The highest BCUT2D eigenvalue weighted by Gasteiger charge is 2.01. The zero-order valence-electron chi connectivity index (χ0n) is 12.9. The molecule has 4 nitrogen and oxygen atoms in total. The molecule has 0 amide bonds. The average molecular weight is 283 g/mol. The minimum atomic E-state index is -0.0471. The lowest BCUT2D eigenvalue weighted by Crippen LogP contribution is -2.05. The molecule has 0 saturated carbocycles. The van der Waals surface area contributed by atoms with Gasteiger partial charge in [0.1, 0.15) is 0 Å². The van der Waals surface area contributed by atoms with Crippen LogP contribution in [0.5, 0.6) is 0 Å². The van der Waals surface area contributed by atoms with E-state index in [0.717, 1.165) is 38.5 Å². The van der Waals surface area contributed by atoms with Crippen molar-refractivity contribution in [2.75, 3.05) is 13.2 Å². The Hall–Kier alpha value is -1.15. The van der Waals surface area contributed by atoms with Crippen LogP contribution in [0.25, 0.3) is 0 Å². The molecule has 0 radical (unpaired) electrons. The predicted octanol–water partition coefficient (Wildman–Crippen LogP) is 4.18. The first kappa shape index (κ1) is 18.9. The summed E-state index contributed by atoms with van der Waals surface area (Å²) in [4.78, 5) is 24.7. The van der Waals surface area contributed by atoms with Gasteiger partial charge in [0, 0.05) is 6.42 Å². The maximum atomic E-state index is 11.3. The number of rotatable bonds is 14. The molecule has 0 aliphatic rings. The van der Waals surface area contributed by atoms with Gasteiger partial charge in [-0.3, -0.25) is 4.79 Å². The van der Waals surface area contributed by atoms with Crippen molar-refractivity contribution >= 4 is 12.0 Å². The quantitative estimate of drug-likeness (QED) is 0.208. The van der Waals surface area contributed by atoms with E-state index in [-0.39, 0.29) is 5.97 Å². The van der Waals surface area contributed by atoms with E-state index in [4.69, 9.17) is 4.74 Å². The molecule has 0 saturated heterocycles. The molecule has 0 rings (SSSR count). The number of unbranched alkanes of at least 4 members (excludes halogenated alkanes) is 8. The van der Waals surface area contributed by atoms with Crippen molar-refractivity contribution in [1.29, 1.82) is 0 Å². The summed E-state index contributed by atoms with van der Waals surface area (Å²) in [5, 5.41) is 0. The number of nitrogens with zero attached hydrogens (tertiary/aromatic N) is 1. The van der Waals surface area contributed by atoms with Crippen LogP contribution >= 0.6 is 0 Å². The number of carbonyl (C=O) groups excluding carboxylic acids is 2. The van der Waals surface area contributed by atoms with Crippen LogP contribution < -0.4 is 0 Å². The van der Waals surface area contributed by atoms with Crippen molar-refractivity contribution in [3.05, 3.63) is 0 Å². The fourth-order valence-corrected chi connectivity index (χ4v) is 1.97. The summed E-state index contributed by atoms with van der Waals surface area (Å²) in [6.45, 7) is 3.27. The minimum absolute atomic E-state index is 0.0471. The van der Waals surface area contributed by atoms with Crippen LogP contribution in [0, 0.1) is 0 Å². The Labute approximate surface area is 123 Å². The Morgan fingerprint density at radius 3 is 2.15 bits per heavy atom. The van der Waals surface area contributed by atoms with E-state index < -0.39 is 0 Å². The summed E-state index contributed by atoms with van der Waals surface area (Å²) in [5.74, 6) is -0.0471. The summed E-state index contributed by atoms with van der Waals surface area (Å²) in [6.07, 6.45) is 13.2. The smallest absolute Gasteiger partial charge is 0.305 e. The molecule has 0 aromatic heterocycles. The van der Waals surface area contributed by atoms with Gasteiger partial charge in [-0.1, -0.05) is 51.9 Å². The highest BCUT2D eigenvalue weighted by molar-refractivity contribution is 5.69. The highest BCUT2D eigenvalue weighted by Crippen LogP contribution is 2.10. The van der Waals surface area contributed by atoms with Gasteiger partial charge in [0.2, 0.25) is 6.08 Å². The Morgan fingerprint density at radius 1 is 0.950 bits per heavy atom. The second-order valence-electron chi connectivity index (χ2n) is 5.13. The molecule has 0 aromatic rings. The third-order valence-electron chi connectivity index (χ3n) is 3.23. The van der Waals surface area contributed by atoms with Gasteiger partial charge in [0.15, 0.2) is 0 Å². The van der Waals surface area contributed by atoms with Crippen LogP contribution in [-0.4, -0.2) is 25.2 Å². The van der Waals surface area contributed by atoms with Crippen LogP contribution in [0.4, 0.5) is 0 Å². The van der Waals surface area contributed by atoms with Crippen LogP contribution in [0.1, 0.15) is 77.6 Å². The topological polar surface area (TPSA) is 55.7 Å². The van der Waals surface area contributed by atoms with Gasteiger partial charge in [-0.05, 0) is 19.3 Å². The number of esters is 1. The van der Waals surface area contributed by atoms with Gasteiger partial charge in [-0.2, -0.15) is 0 Å². The molecule has 20 heavy (non-hydrogen) atoms.